The molecule has 0 bridgehead atoms. The summed E-state index contributed by atoms with van der Waals surface area (Å²) in [5.41, 5.74) is 10.0. The van der Waals surface area contributed by atoms with Crippen LogP contribution in [0, 0.1) is 23.0 Å². The van der Waals surface area contributed by atoms with Crippen molar-refractivity contribution in [2.24, 2.45) is 11.7 Å². The van der Waals surface area contributed by atoms with Gasteiger partial charge in [-0.3, -0.25) is 16.8 Å². The number of aromatic nitrogens is 8. The zero-order valence-electron chi connectivity index (χ0n) is 23.0. The lowest BCUT2D eigenvalue weighted by molar-refractivity contribution is 0.625. The average molecular weight is 625 g/mol. The van der Waals surface area contributed by atoms with E-state index >= 15 is 0 Å². The molecule has 0 unspecified atom stereocenters. The lowest BCUT2D eigenvalue weighted by Gasteiger charge is -2.10. The molecular weight excluding hydrogens is 598 g/mol. The van der Waals surface area contributed by atoms with Crippen LogP contribution < -0.4 is 28.1 Å². The summed E-state index contributed by atoms with van der Waals surface area (Å²) >= 11 is 5.81. The maximum atomic E-state index is 14.1. The van der Waals surface area contributed by atoms with Gasteiger partial charge in [0.15, 0.2) is 28.9 Å². The van der Waals surface area contributed by atoms with Crippen LogP contribution in [0.4, 0.5) is 37.9 Å². The number of rotatable bonds is 4. The molecule has 5 aromatic heterocycles. The first-order chi connectivity index (χ1) is 20.9. The molecule has 0 aliphatic heterocycles. The number of H-pyrrole nitrogens is 1. The molecule has 2 aliphatic carbocycles. The predicted octanol–water partition coefficient (Wildman–Crippen LogP) is 2.46. The molecule has 0 radical (unpaired) electrons. The third-order valence-electron chi connectivity index (χ3n) is 6.80. The third kappa shape index (κ3) is 6.43. The van der Waals surface area contributed by atoms with E-state index in [4.69, 9.17) is 22.6 Å². The number of nitrogens with two attached hydrogens (primary N) is 3. The summed E-state index contributed by atoms with van der Waals surface area (Å²) in [6.07, 6.45) is 8.53. The molecule has 44 heavy (non-hydrogen) atoms. The van der Waals surface area contributed by atoms with E-state index in [1.165, 1.54) is 18.7 Å². The van der Waals surface area contributed by atoms with Gasteiger partial charge >= 0.3 is 0 Å². The molecule has 5 aromatic rings. The van der Waals surface area contributed by atoms with E-state index < -0.39 is 11.6 Å². The van der Waals surface area contributed by atoms with Gasteiger partial charge in [0.05, 0.1) is 10.9 Å². The fraction of sp³-hybridized carbons (Fsp3) is 0.231. The highest BCUT2D eigenvalue weighted by atomic mass is 35.5. The molecule has 11 N–H and O–H groups in total. The van der Waals surface area contributed by atoms with E-state index in [0.717, 1.165) is 67.1 Å². The summed E-state index contributed by atoms with van der Waals surface area (Å²) in [5.74, 6) is 8.35. The summed E-state index contributed by atoms with van der Waals surface area (Å²) in [6, 6.07) is 4.15. The van der Waals surface area contributed by atoms with Crippen molar-refractivity contribution in [1.29, 1.82) is 5.26 Å². The molecule has 5 heterocycles. The van der Waals surface area contributed by atoms with Crippen molar-refractivity contribution in [1.82, 2.24) is 40.1 Å². The smallest absolute Gasteiger partial charge is 0.185 e. The number of nitriles is 1. The Hall–Kier alpha value is -5.15. The summed E-state index contributed by atoms with van der Waals surface area (Å²) in [4.78, 5) is 24.8. The van der Waals surface area contributed by atoms with Crippen molar-refractivity contribution in [3.63, 3.8) is 0 Å². The Morgan fingerprint density at radius 3 is 1.93 bits per heavy atom. The van der Waals surface area contributed by atoms with Crippen LogP contribution in [0.25, 0.3) is 11.0 Å². The fourth-order valence-electron chi connectivity index (χ4n) is 4.81. The highest BCUT2D eigenvalue weighted by Crippen LogP contribution is 2.30. The van der Waals surface area contributed by atoms with Crippen LogP contribution in [0.1, 0.15) is 40.9 Å². The van der Waals surface area contributed by atoms with E-state index in [0.29, 0.717) is 28.5 Å². The average Bonchev–Trinajstić information content (AvgIpc) is 3.78. The Morgan fingerprint density at radius 1 is 0.818 bits per heavy atom. The van der Waals surface area contributed by atoms with Crippen LogP contribution >= 0.6 is 11.6 Å². The predicted molar refractivity (Wildman–Crippen MR) is 159 cm³/mol. The normalized spacial score (nSPS) is 12.5. The highest BCUT2D eigenvalue weighted by Gasteiger charge is 2.20. The van der Waals surface area contributed by atoms with Crippen molar-refractivity contribution in [3.8, 4) is 6.07 Å². The Balaban J connectivity index is 0.000000186. The molecule has 0 fully saturated rings. The first kappa shape index (κ1) is 31.8. The molecule has 228 valence electrons. The number of nitrogens with zero attached hydrogens (tertiary/aromatic N) is 8. The number of hydrogen-bond acceptors (Lipinski definition) is 13. The molecule has 0 aromatic carbocycles. The zero-order chi connectivity index (χ0) is 30.5. The molecule has 0 amide bonds. The number of anilines is 5. The second-order valence-electron chi connectivity index (χ2n) is 9.35. The first-order valence-corrected chi connectivity index (χ1v) is 13.4. The van der Waals surface area contributed by atoms with Crippen LogP contribution in [-0.2, 0) is 25.7 Å². The lowest BCUT2D eigenvalue weighted by Crippen LogP contribution is -2.04. The van der Waals surface area contributed by atoms with Crippen LogP contribution in [0.3, 0.4) is 0 Å². The van der Waals surface area contributed by atoms with Gasteiger partial charge in [-0.2, -0.15) is 10.4 Å². The van der Waals surface area contributed by atoms with E-state index in [1.54, 1.807) is 6.07 Å². The maximum absolute atomic E-state index is 14.1. The Labute approximate surface area is 253 Å². The number of hydrazine groups is 1. The van der Waals surface area contributed by atoms with Crippen LogP contribution in [-0.4, -0.2) is 45.6 Å². The van der Waals surface area contributed by atoms with Gasteiger partial charge in [0, 0.05) is 22.5 Å². The van der Waals surface area contributed by atoms with Crippen molar-refractivity contribution >= 4 is 51.7 Å². The van der Waals surface area contributed by atoms with Crippen molar-refractivity contribution in [2.45, 2.75) is 38.5 Å². The van der Waals surface area contributed by atoms with Gasteiger partial charge in [0.25, 0.3) is 0 Å². The minimum Gasteiger partial charge on any atom is -0.412 e. The summed E-state index contributed by atoms with van der Waals surface area (Å²) in [6.45, 7) is 0. The first-order valence-electron chi connectivity index (χ1n) is 13.0. The molecular formula is C26H27ClF2N14O. The Bertz CT molecular complexity index is 1840. The second kappa shape index (κ2) is 13.9. The fourth-order valence-corrected chi connectivity index (χ4v) is 5.00. The second-order valence-corrected chi connectivity index (χ2v) is 9.71. The van der Waals surface area contributed by atoms with E-state index in [2.05, 4.69) is 62.4 Å². The van der Waals surface area contributed by atoms with Gasteiger partial charge in [-0.25, -0.2) is 38.7 Å². The summed E-state index contributed by atoms with van der Waals surface area (Å²) in [5, 5.41) is 21.5. The quantitative estimate of drug-likeness (QED) is 0.0954. The number of pyridine rings is 2. The van der Waals surface area contributed by atoms with Crippen LogP contribution in [0.15, 0.2) is 24.8 Å². The molecule has 0 saturated heterocycles. The van der Waals surface area contributed by atoms with Gasteiger partial charge in [-0.05, 0) is 50.7 Å². The number of halogens is 3. The SMILES string of the molecule is N#Cc1cc(F)c(Nc2ncnc3c2CCC3)nc1Cl.NN.Nc1[nH]nc2nc(Nc3ncnc4c3CCC4)c(F)cc12.O. The number of hydrogen-bond donors (Lipinski definition) is 6. The number of fused-ring (bicyclic) bond motifs is 3. The summed E-state index contributed by atoms with van der Waals surface area (Å²) < 4.78 is 28.0. The Kier molecular flexibility index (Phi) is 10.0. The molecule has 15 nitrogen and oxygen atoms in total. The number of aromatic amines is 1. The largest absolute Gasteiger partial charge is 0.412 e. The molecule has 7 rings (SSSR count). The zero-order valence-corrected chi connectivity index (χ0v) is 23.8. The van der Waals surface area contributed by atoms with E-state index in [9.17, 15) is 8.78 Å². The third-order valence-corrected chi connectivity index (χ3v) is 7.09. The minimum absolute atomic E-state index is 0. The van der Waals surface area contributed by atoms with Crippen LogP contribution in [0.2, 0.25) is 5.15 Å². The minimum atomic E-state index is -0.642. The molecule has 2 aliphatic rings. The van der Waals surface area contributed by atoms with Gasteiger partial charge < -0.3 is 21.8 Å². The number of nitrogen functional groups attached to an aromatic ring is 1. The number of nitrogens with one attached hydrogen (secondary N) is 3. The van der Waals surface area contributed by atoms with Crippen molar-refractivity contribution in [2.75, 3.05) is 16.4 Å². The molecule has 0 saturated carbocycles. The standard InChI is InChI=1S/C13H9ClFN5.C13H12FN7.H4N2.H2O/c14-11-7(5-16)4-9(15)13(19-11)20-12-8-2-1-3-10(8)17-6-18-12;14-8-4-7-10(15)20-21-12(7)19-13(8)18-11-6-2-1-3-9(6)16-5-17-11;1-2;/h4,6H,1-3H2,(H,17,18,19,20);4-5H,1-3H2,(H4,15,16,17,18,19,20,21);1-2H2;1H2. The van der Waals surface area contributed by atoms with Crippen molar-refractivity contribution < 1.29 is 14.3 Å². The van der Waals surface area contributed by atoms with Crippen molar-refractivity contribution in [3.05, 3.63) is 69.7 Å². The van der Waals surface area contributed by atoms with Gasteiger partial charge in [0.1, 0.15) is 41.3 Å². The monoisotopic (exact) mass is 624 g/mol. The van der Waals surface area contributed by atoms with Gasteiger partial charge in [-0.15, -0.1) is 0 Å². The van der Waals surface area contributed by atoms with E-state index in [1.807, 2.05) is 0 Å². The van der Waals surface area contributed by atoms with E-state index in [-0.39, 0.29) is 27.8 Å². The highest BCUT2D eigenvalue weighted by molar-refractivity contribution is 6.30. The molecule has 0 atom stereocenters. The van der Waals surface area contributed by atoms with Crippen LogP contribution in [0.5, 0.6) is 0 Å². The van der Waals surface area contributed by atoms with Gasteiger partial charge in [-0.1, -0.05) is 11.6 Å². The maximum Gasteiger partial charge on any atom is 0.185 e. The molecule has 0 spiro atoms. The topological polar surface area (TPSA) is 263 Å². The summed E-state index contributed by atoms with van der Waals surface area (Å²) in [7, 11) is 0. The number of aryl methyl sites for hydroxylation is 2. The lowest BCUT2D eigenvalue weighted by atomic mass is 10.2. The Morgan fingerprint density at radius 2 is 1.36 bits per heavy atom. The van der Waals surface area contributed by atoms with Gasteiger partial charge in [0.2, 0.25) is 0 Å². The molecule has 18 heteroatoms.